The zero-order valence-corrected chi connectivity index (χ0v) is 18.6. The Hall–Kier alpha value is -1.61. The summed E-state index contributed by atoms with van der Waals surface area (Å²) in [5.41, 5.74) is 2.16. The van der Waals surface area contributed by atoms with Crippen LogP contribution in [0.25, 0.3) is 0 Å². The molecule has 1 aromatic heterocycles. The largest absolute Gasteiger partial charge is 0.489 e. The van der Waals surface area contributed by atoms with Gasteiger partial charge >= 0.3 is 0 Å². The molecule has 148 valence electrons. The molecule has 0 fully saturated rings. The molecule has 2 aromatic carbocycles. The van der Waals surface area contributed by atoms with Gasteiger partial charge in [0.05, 0.1) is 0 Å². The quantitative estimate of drug-likeness (QED) is 0.340. The van der Waals surface area contributed by atoms with Gasteiger partial charge in [-0.1, -0.05) is 51.4 Å². The summed E-state index contributed by atoms with van der Waals surface area (Å²) in [7, 11) is 1.85. The molecule has 0 amide bonds. The summed E-state index contributed by atoms with van der Waals surface area (Å²) >= 11 is 11.2. The van der Waals surface area contributed by atoms with E-state index in [0.29, 0.717) is 11.6 Å². The Balaban J connectivity index is 1.46. The van der Waals surface area contributed by atoms with Gasteiger partial charge in [0.2, 0.25) is 5.16 Å². The van der Waals surface area contributed by atoms with E-state index >= 15 is 0 Å². The zero-order valence-electron chi connectivity index (χ0n) is 15.4. The van der Waals surface area contributed by atoms with Crippen molar-refractivity contribution < 1.29 is 4.74 Å². The third-order valence-corrected chi connectivity index (χ3v) is 5.76. The lowest BCUT2D eigenvalue weighted by Crippen LogP contribution is -2.16. The van der Waals surface area contributed by atoms with E-state index in [1.165, 1.54) is 0 Å². The van der Waals surface area contributed by atoms with Crippen molar-refractivity contribution in [1.82, 2.24) is 25.5 Å². The zero-order chi connectivity index (χ0) is 19.8. The molecular formula is C19H21BrClN5OS. The number of benzene rings is 2. The maximum Gasteiger partial charge on any atom is 0.209 e. The second-order valence-corrected chi connectivity index (χ2v) is 8.55. The van der Waals surface area contributed by atoms with Crippen LogP contribution in [-0.4, -0.2) is 32.5 Å². The Morgan fingerprint density at radius 1 is 1.25 bits per heavy atom. The highest BCUT2D eigenvalue weighted by Gasteiger charge is 2.06. The van der Waals surface area contributed by atoms with Crippen molar-refractivity contribution in [3.05, 3.63) is 63.1 Å². The minimum Gasteiger partial charge on any atom is -0.489 e. The Kier molecular flexibility index (Phi) is 8.14. The van der Waals surface area contributed by atoms with Gasteiger partial charge in [-0.25, -0.2) is 4.68 Å². The van der Waals surface area contributed by atoms with E-state index in [9.17, 15) is 0 Å². The van der Waals surface area contributed by atoms with Gasteiger partial charge in [-0.2, -0.15) is 0 Å². The Labute approximate surface area is 182 Å². The van der Waals surface area contributed by atoms with E-state index in [-0.39, 0.29) is 0 Å². The number of halogens is 2. The van der Waals surface area contributed by atoms with Crippen LogP contribution in [0.4, 0.5) is 0 Å². The number of hydrogen-bond donors (Lipinski definition) is 1. The molecule has 1 heterocycles. The number of aryl methyl sites for hydroxylation is 1. The van der Waals surface area contributed by atoms with Crippen LogP contribution in [0.15, 0.2) is 52.1 Å². The third-order valence-electron chi connectivity index (χ3n) is 3.93. The predicted molar refractivity (Wildman–Crippen MR) is 116 cm³/mol. The van der Waals surface area contributed by atoms with Crippen molar-refractivity contribution in [2.75, 3.05) is 12.3 Å². The number of aromatic nitrogens is 4. The molecule has 0 bridgehead atoms. The highest BCUT2D eigenvalue weighted by Crippen LogP contribution is 2.24. The maximum atomic E-state index is 6.04. The summed E-state index contributed by atoms with van der Waals surface area (Å²) in [6, 6.07) is 13.8. The normalized spacial score (nSPS) is 11.0. The van der Waals surface area contributed by atoms with Gasteiger partial charge in [0.1, 0.15) is 12.4 Å². The lowest BCUT2D eigenvalue weighted by Gasteiger charge is -2.13. The van der Waals surface area contributed by atoms with Crippen LogP contribution in [0.5, 0.6) is 5.75 Å². The van der Waals surface area contributed by atoms with Gasteiger partial charge in [-0.3, -0.25) is 0 Å². The average Bonchev–Trinajstić information content (AvgIpc) is 3.09. The molecule has 0 aliphatic heterocycles. The highest BCUT2D eigenvalue weighted by molar-refractivity contribution is 9.10. The average molecular weight is 483 g/mol. The second kappa shape index (κ2) is 10.8. The number of rotatable bonds is 10. The van der Waals surface area contributed by atoms with Crippen LogP contribution in [0.2, 0.25) is 5.02 Å². The summed E-state index contributed by atoms with van der Waals surface area (Å²) < 4.78 is 8.74. The van der Waals surface area contributed by atoms with Gasteiger partial charge in [-0.15, -0.1) is 5.10 Å². The monoisotopic (exact) mass is 481 g/mol. The van der Waals surface area contributed by atoms with Crippen molar-refractivity contribution >= 4 is 39.3 Å². The molecule has 3 aromatic rings. The van der Waals surface area contributed by atoms with Gasteiger partial charge in [0, 0.05) is 34.4 Å². The fourth-order valence-corrected chi connectivity index (χ4v) is 3.95. The molecule has 3 rings (SSSR count). The molecule has 0 aliphatic rings. The number of thioether (sulfide) groups is 1. The van der Waals surface area contributed by atoms with E-state index < -0.39 is 0 Å². The van der Waals surface area contributed by atoms with Crippen LogP contribution in [-0.2, 0) is 20.2 Å². The van der Waals surface area contributed by atoms with E-state index in [0.717, 1.165) is 51.8 Å². The summed E-state index contributed by atoms with van der Waals surface area (Å²) in [4.78, 5) is 0. The number of tetrazole rings is 1. The molecule has 0 aliphatic carbocycles. The number of nitrogens with one attached hydrogen (secondary N) is 1. The number of ether oxygens (including phenoxy) is 1. The van der Waals surface area contributed by atoms with Crippen molar-refractivity contribution in [1.29, 1.82) is 0 Å². The molecule has 28 heavy (non-hydrogen) atoms. The van der Waals surface area contributed by atoms with Crippen LogP contribution >= 0.6 is 39.3 Å². The van der Waals surface area contributed by atoms with Crippen LogP contribution in [0, 0.1) is 0 Å². The first-order valence-electron chi connectivity index (χ1n) is 8.83. The molecule has 0 atom stereocenters. The molecule has 1 N–H and O–H groups in total. The predicted octanol–water partition coefficient (Wildman–Crippen LogP) is 4.48. The minimum atomic E-state index is 0.484. The third kappa shape index (κ3) is 6.48. The number of hydrogen-bond acceptors (Lipinski definition) is 6. The van der Waals surface area contributed by atoms with Crippen molar-refractivity contribution in [2.45, 2.75) is 24.7 Å². The molecule has 6 nitrogen and oxygen atoms in total. The molecule has 0 saturated carbocycles. The standard InChI is InChI=1S/C19H21BrClN5OS/c1-26-19(23-24-25-26)28-9-3-8-22-12-15-11-16(20)6-7-18(15)27-13-14-4-2-5-17(21)10-14/h2,4-7,10-11,22H,3,8-9,12-13H2,1H3. The summed E-state index contributed by atoms with van der Waals surface area (Å²) in [5.74, 6) is 1.83. The number of nitrogens with zero attached hydrogens (tertiary/aromatic N) is 4. The molecule has 0 unspecified atom stereocenters. The lowest BCUT2D eigenvalue weighted by atomic mass is 10.2. The molecular weight excluding hydrogens is 462 g/mol. The smallest absolute Gasteiger partial charge is 0.209 e. The molecule has 0 radical (unpaired) electrons. The first kappa shape index (κ1) is 21.1. The Morgan fingerprint density at radius 3 is 2.93 bits per heavy atom. The van der Waals surface area contributed by atoms with Gasteiger partial charge in [-0.05, 0) is 59.3 Å². The van der Waals surface area contributed by atoms with Crippen molar-refractivity contribution in [2.24, 2.45) is 7.05 Å². The van der Waals surface area contributed by atoms with Crippen molar-refractivity contribution in [3.63, 3.8) is 0 Å². The van der Waals surface area contributed by atoms with Gasteiger partial charge < -0.3 is 10.1 Å². The van der Waals surface area contributed by atoms with E-state index in [1.807, 2.05) is 43.4 Å². The highest BCUT2D eigenvalue weighted by atomic mass is 79.9. The molecule has 0 saturated heterocycles. The van der Waals surface area contributed by atoms with E-state index in [4.69, 9.17) is 16.3 Å². The minimum absolute atomic E-state index is 0.484. The summed E-state index contributed by atoms with van der Waals surface area (Å²) in [5, 5.41) is 16.5. The fraction of sp³-hybridized carbons (Fsp3) is 0.316. The topological polar surface area (TPSA) is 64.9 Å². The van der Waals surface area contributed by atoms with Crippen LogP contribution in [0.3, 0.4) is 0 Å². The molecule has 9 heteroatoms. The second-order valence-electron chi connectivity index (χ2n) is 6.13. The van der Waals surface area contributed by atoms with Crippen LogP contribution in [0.1, 0.15) is 17.5 Å². The van der Waals surface area contributed by atoms with Gasteiger partial charge in [0.25, 0.3) is 0 Å². The lowest BCUT2D eigenvalue weighted by molar-refractivity contribution is 0.302. The maximum absolute atomic E-state index is 6.04. The summed E-state index contributed by atoms with van der Waals surface area (Å²) in [6.45, 7) is 2.12. The van der Waals surface area contributed by atoms with Gasteiger partial charge in [0.15, 0.2) is 0 Å². The first-order valence-corrected chi connectivity index (χ1v) is 11.0. The van der Waals surface area contributed by atoms with E-state index in [2.05, 4.69) is 42.8 Å². The van der Waals surface area contributed by atoms with Crippen LogP contribution < -0.4 is 10.1 Å². The van der Waals surface area contributed by atoms with E-state index in [1.54, 1.807) is 16.4 Å². The van der Waals surface area contributed by atoms with Crippen molar-refractivity contribution in [3.8, 4) is 5.75 Å². The first-order chi connectivity index (χ1) is 13.6. The fourth-order valence-electron chi connectivity index (χ4n) is 2.54. The Bertz CT molecular complexity index is 908. The SMILES string of the molecule is Cn1nnnc1SCCCNCc1cc(Br)ccc1OCc1cccc(Cl)c1. The molecule has 0 spiro atoms. The summed E-state index contributed by atoms with van der Waals surface area (Å²) in [6.07, 6.45) is 1.02. The Morgan fingerprint density at radius 2 is 2.14 bits per heavy atom.